The van der Waals surface area contributed by atoms with Crippen molar-refractivity contribution in [1.29, 1.82) is 0 Å². The van der Waals surface area contributed by atoms with Crippen molar-refractivity contribution < 1.29 is 0 Å². The number of H-pyrrole nitrogens is 1. The van der Waals surface area contributed by atoms with E-state index in [1.54, 1.807) is 0 Å². The molecule has 4 heteroatoms. The minimum absolute atomic E-state index is 0.422. The van der Waals surface area contributed by atoms with Crippen LogP contribution in [0.2, 0.25) is 10.0 Å². The van der Waals surface area contributed by atoms with Crippen LogP contribution in [0.25, 0.3) is 10.9 Å². The summed E-state index contributed by atoms with van der Waals surface area (Å²) in [5.74, 6) is 0. The van der Waals surface area contributed by atoms with E-state index < -0.39 is 0 Å². The summed E-state index contributed by atoms with van der Waals surface area (Å²) in [6.07, 6.45) is 4.66. The van der Waals surface area contributed by atoms with E-state index in [2.05, 4.69) is 17.2 Å². The number of aryl methyl sites for hydroxylation is 1. The third-order valence-corrected chi connectivity index (χ3v) is 4.39. The van der Waals surface area contributed by atoms with Crippen LogP contribution in [0.1, 0.15) is 43.5 Å². The first-order valence-electron chi connectivity index (χ1n) is 6.93. The van der Waals surface area contributed by atoms with Crippen molar-refractivity contribution in [1.82, 2.24) is 10.3 Å². The summed E-state index contributed by atoms with van der Waals surface area (Å²) >= 11 is 12.4. The highest BCUT2D eigenvalue weighted by Crippen LogP contribution is 2.38. The molecule has 1 heterocycles. The first-order chi connectivity index (χ1) is 9.20. The number of rotatable bonds is 3. The summed E-state index contributed by atoms with van der Waals surface area (Å²) in [6.45, 7) is 3.24. The van der Waals surface area contributed by atoms with Crippen LogP contribution in [-0.2, 0) is 6.42 Å². The molecule has 102 valence electrons. The Morgan fingerprint density at radius 3 is 3.00 bits per heavy atom. The minimum Gasteiger partial charge on any atom is -0.356 e. The maximum Gasteiger partial charge on any atom is 0.0662 e. The molecule has 2 aromatic rings. The molecule has 0 bridgehead atoms. The third-order valence-electron chi connectivity index (χ3n) is 3.87. The molecule has 0 radical (unpaired) electrons. The summed E-state index contributed by atoms with van der Waals surface area (Å²) in [6, 6.07) is 4.26. The molecule has 2 N–H and O–H groups in total. The molecular weight excluding hydrogens is 279 g/mol. The van der Waals surface area contributed by atoms with Crippen molar-refractivity contribution in [3.63, 3.8) is 0 Å². The van der Waals surface area contributed by atoms with Crippen molar-refractivity contribution in [2.45, 2.75) is 38.6 Å². The van der Waals surface area contributed by atoms with Gasteiger partial charge in [-0.05, 0) is 49.9 Å². The van der Waals surface area contributed by atoms with E-state index in [9.17, 15) is 0 Å². The molecule has 1 aromatic heterocycles. The third kappa shape index (κ3) is 2.37. The van der Waals surface area contributed by atoms with Gasteiger partial charge in [0.1, 0.15) is 0 Å². The average Bonchev–Trinajstić information content (AvgIpc) is 2.76. The maximum atomic E-state index is 6.30. The van der Waals surface area contributed by atoms with Gasteiger partial charge in [0.2, 0.25) is 0 Å². The molecule has 1 aromatic carbocycles. The number of benzene rings is 1. The molecule has 19 heavy (non-hydrogen) atoms. The van der Waals surface area contributed by atoms with Crippen LogP contribution in [0.3, 0.4) is 0 Å². The van der Waals surface area contributed by atoms with Gasteiger partial charge in [0.25, 0.3) is 0 Å². The van der Waals surface area contributed by atoms with Crippen LogP contribution < -0.4 is 5.32 Å². The molecule has 1 aliphatic carbocycles. The van der Waals surface area contributed by atoms with Crippen LogP contribution in [0, 0.1) is 0 Å². The van der Waals surface area contributed by atoms with Gasteiger partial charge in [-0.1, -0.05) is 30.1 Å². The SMILES string of the molecule is CCCNC1CCCc2c1[nH]c1c(Cl)cc(Cl)cc21. The van der Waals surface area contributed by atoms with Gasteiger partial charge in [-0.25, -0.2) is 0 Å². The number of aromatic amines is 1. The Morgan fingerprint density at radius 2 is 2.21 bits per heavy atom. The van der Waals surface area contributed by atoms with Gasteiger partial charge in [-0.15, -0.1) is 0 Å². The largest absolute Gasteiger partial charge is 0.356 e. The van der Waals surface area contributed by atoms with E-state index in [4.69, 9.17) is 23.2 Å². The second-order valence-electron chi connectivity index (χ2n) is 5.23. The maximum absolute atomic E-state index is 6.30. The monoisotopic (exact) mass is 296 g/mol. The first kappa shape index (κ1) is 13.3. The Kier molecular flexibility index (Phi) is 3.75. The highest BCUT2D eigenvalue weighted by Gasteiger charge is 2.24. The van der Waals surface area contributed by atoms with E-state index in [-0.39, 0.29) is 0 Å². The Balaban J connectivity index is 2.10. The van der Waals surface area contributed by atoms with E-state index in [1.165, 1.54) is 29.5 Å². The fourth-order valence-electron chi connectivity index (χ4n) is 3.01. The fraction of sp³-hybridized carbons (Fsp3) is 0.467. The quantitative estimate of drug-likeness (QED) is 0.832. The molecule has 1 unspecified atom stereocenters. The summed E-state index contributed by atoms with van der Waals surface area (Å²) < 4.78 is 0. The topological polar surface area (TPSA) is 27.8 Å². The molecule has 0 fully saturated rings. The highest BCUT2D eigenvalue weighted by atomic mass is 35.5. The smallest absolute Gasteiger partial charge is 0.0662 e. The highest BCUT2D eigenvalue weighted by molar-refractivity contribution is 6.38. The van der Waals surface area contributed by atoms with Crippen molar-refractivity contribution >= 4 is 34.1 Å². The van der Waals surface area contributed by atoms with Crippen LogP contribution in [0.5, 0.6) is 0 Å². The normalized spacial score (nSPS) is 18.8. The number of halogens is 2. The predicted octanol–water partition coefficient (Wildman–Crippen LogP) is 4.85. The van der Waals surface area contributed by atoms with E-state index in [0.29, 0.717) is 16.1 Å². The lowest BCUT2D eigenvalue weighted by Crippen LogP contribution is -2.25. The molecule has 0 spiro atoms. The molecule has 1 atom stereocenters. The number of nitrogens with one attached hydrogen (secondary N) is 2. The van der Waals surface area contributed by atoms with E-state index in [0.717, 1.165) is 24.9 Å². The standard InChI is InChI=1S/C15H18Cl2N2/c1-2-6-18-13-5-3-4-10-11-7-9(16)8-12(17)14(11)19-15(10)13/h7-8,13,18-19H,2-6H2,1H3. The molecule has 0 saturated heterocycles. The Labute approximate surface area is 123 Å². The number of aromatic nitrogens is 1. The Morgan fingerprint density at radius 1 is 1.37 bits per heavy atom. The van der Waals surface area contributed by atoms with E-state index >= 15 is 0 Å². The summed E-state index contributed by atoms with van der Waals surface area (Å²) in [5, 5.41) is 6.23. The second-order valence-corrected chi connectivity index (χ2v) is 6.07. The molecule has 1 aliphatic rings. The lowest BCUT2D eigenvalue weighted by Gasteiger charge is -2.23. The van der Waals surface area contributed by atoms with Crippen LogP contribution in [0.4, 0.5) is 0 Å². The van der Waals surface area contributed by atoms with Crippen molar-refractivity contribution in [2.24, 2.45) is 0 Å². The van der Waals surface area contributed by atoms with Gasteiger partial charge in [-0.2, -0.15) is 0 Å². The van der Waals surface area contributed by atoms with E-state index in [1.807, 2.05) is 12.1 Å². The molecular formula is C15H18Cl2N2. The molecule has 2 nitrogen and oxygen atoms in total. The zero-order valence-corrected chi connectivity index (χ0v) is 12.5. The second kappa shape index (κ2) is 5.35. The lowest BCUT2D eigenvalue weighted by atomic mass is 9.91. The average molecular weight is 297 g/mol. The predicted molar refractivity (Wildman–Crippen MR) is 82.3 cm³/mol. The summed E-state index contributed by atoms with van der Waals surface area (Å²) in [5.41, 5.74) is 3.72. The van der Waals surface area contributed by atoms with Crippen molar-refractivity contribution in [2.75, 3.05) is 6.54 Å². The van der Waals surface area contributed by atoms with Gasteiger partial charge in [-0.3, -0.25) is 0 Å². The van der Waals surface area contributed by atoms with Crippen LogP contribution >= 0.6 is 23.2 Å². The minimum atomic E-state index is 0.422. The molecule has 0 saturated carbocycles. The van der Waals surface area contributed by atoms with Gasteiger partial charge in [0, 0.05) is 22.1 Å². The molecule has 0 amide bonds. The Hall–Kier alpha value is -0.700. The van der Waals surface area contributed by atoms with Crippen molar-refractivity contribution in [3.8, 4) is 0 Å². The van der Waals surface area contributed by atoms with Gasteiger partial charge < -0.3 is 10.3 Å². The fourth-order valence-corrected chi connectivity index (χ4v) is 3.55. The number of fused-ring (bicyclic) bond motifs is 3. The van der Waals surface area contributed by atoms with Crippen LogP contribution in [0.15, 0.2) is 12.1 Å². The van der Waals surface area contributed by atoms with Crippen molar-refractivity contribution in [3.05, 3.63) is 33.4 Å². The van der Waals surface area contributed by atoms with Gasteiger partial charge >= 0.3 is 0 Å². The summed E-state index contributed by atoms with van der Waals surface area (Å²) in [7, 11) is 0. The Bertz CT molecular complexity index is 604. The van der Waals surface area contributed by atoms with Gasteiger partial charge in [0.05, 0.1) is 10.5 Å². The first-order valence-corrected chi connectivity index (χ1v) is 7.69. The van der Waals surface area contributed by atoms with Crippen LogP contribution in [-0.4, -0.2) is 11.5 Å². The zero-order chi connectivity index (χ0) is 13.4. The zero-order valence-electron chi connectivity index (χ0n) is 11.0. The molecule has 3 rings (SSSR count). The summed E-state index contributed by atoms with van der Waals surface area (Å²) in [4.78, 5) is 3.52. The number of hydrogen-bond acceptors (Lipinski definition) is 1. The number of hydrogen-bond donors (Lipinski definition) is 2. The van der Waals surface area contributed by atoms with Gasteiger partial charge in [0.15, 0.2) is 0 Å². The lowest BCUT2D eigenvalue weighted by molar-refractivity contribution is 0.454. The molecule has 0 aliphatic heterocycles.